The fourth-order valence-electron chi connectivity index (χ4n) is 2.47. The van der Waals surface area contributed by atoms with Crippen molar-refractivity contribution in [1.29, 1.82) is 0 Å². The van der Waals surface area contributed by atoms with Crippen LogP contribution in [-0.4, -0.2) is 11.5 Å². The molecule has 0 amide bonds. The lowest BCUT2D eigenvalue weighted by atomic mass is 9.99. The third kappa shape index (κ3) is 1.86. The second-order valence-electron chi connectivity index (χ2n) is 4.72. The van der Waals surface area contributed by atoms with Crippen LogP contribution in [0.1, 0.15) is 28.4 Å². The van der Waals surface area contributed by atoms with Gasteiger partial charge >= 0.3 is 0 Å². The Morgan fingerprint density at radius 2 is 2.22 bits per heavy atom. The molecule has 0 fully saturated rings. The molecule has 3 rings (SSSR count). The number of nitrogens with zero attached hydrogens (tertiary/aromatic N) is 1. The third-order valence-electron chi connectivity index (χ3n) is 3.34. The fourth-order valence-corrected chi connectivity index (χ4v) is 2.47. The average Bonchev–Trinajstić information content (AvgIpc) is 2.86. The minimum absolute atomic E-state index is 0.622. The summed E-state index contributed by atoms with van der Waals surface area (Å²) in [6.07, 6.45) is 3.20. The van der Waals surface area contributed by atoms with Crippen molar-refractivity contribution in [3.63, 3.8) is 0 Å². The molecule has 1 atom stereocenters. The topological polar surface area (TPSA) is 24.9 Å². The molecule has 3 heteroatoms. The minimum Gasteiger partial charge on any atom is -0.384 e. The van der Waals surface area contributed by atoms with Gasteiger partial charge in [-0.25, -0.2) is 4.39 Å². The number of halogens is 1. The van der Waals surface area contributed by atoms with Crippen LogP contribution in [0.25, 0.3) is 0 Å². The van der Waals surface area contributed by atoms with E-state index in [1.54, 1.807) is 12.4 Å². The number of aromatic nitrogens is 1. The normalized spacial score (nSPS) is 15.0. The Morgan fingerprint density at radius 3 is 3.06 bits per heavy atom. The standard InChI is InChI=1S/C15H15FN2/c1-10-7-12(9-17-8-10)14(16)13-4-2-3-11-5-6-18-15(11)13/h2-4,7-9,14,18H,5-6H2,1H3. The van der Waals surface area contributed by atoms with Crippen molar-refractivity contribution in [3.05, 3.63) is 58.9 Å². The highest BCUT2D eigenvalue weighted by Crippen LogP contribution is 2.35. The van der Waals surface area contributed by atoms with E-state index in [1.807, 2.05) is 25.1 Å². The number of pyridine rings is 1. The first-order chi connectivity index (χ1) is 8.75. The van der Waals surface area contributed by atoms with Crippen molar-refractivity contribution in [3.8, 4) is 0 Å². The van der Waals surface area contributed by atoms with Crippen LogP contribution in [0.5, 0.6) is 0 Å². The summed E-state index contributed by atoms with van der Waals surface area (Å²) in [6, 6.07) is 7.69. The maximum absolute atomic E-state index is 14.6. The molecule has 1 N–H and O–H groups in total. The highest BCUT2D eigenvalue weighted by Gasteiger charge is 2.21. The van der Waals surface area contributed by atoms with E-state index < -0.39 is 6.17 Å². The Morgan fingerprint density at radius 1 is 1.33 bits per heavy atom. The molecule has 2 nitrogen and oxygen atoms in total. The molecule has 2 aromatic rings. The van der Waals surface area contributed by atoms with Crippen molar-refractivity contribution in [2.75, 3.05) is 11.9 Å². The Kier molecular flexibility index (Phi) is 2.74. The van der Waals surface area contributed by atoms with Gasteiger partial charge in [-0.2, -0.15) is 0 Å². The van der Waals surface area contributed by atoms with Crippen molar-refractivity contribution in [1.82, 2.24) is 4.98 Å². The number of fused-ring (bicyclic) bond motifs is 1. The van der Waals surface area contributed by atoms with Crippen LogP contribution in [-0.2, 0) is 6.42 Å². The summed E-state index contributed by atoms with van der Waals surface area (Å²) in [4.78, 5) is 4.06. The Bertz CT molecular complexity index is 580. The van der Waals surface area contributed by atoms with Gasteiger partial charge in [0.25, 0.3) is 0 Å². The van der Waals surface area contributed by atoms with Gasteiger partial charge in [-0.05, 0) is 30.5 Å². The predicted octanol–water partition coefficient (Wildman–Crippen LogP) is 3.42. The highest BCUT2D eigenvalue weighted by atomic mass is 19.1. The summed E-state index contributed by atoms with van der Waals surface area (Å²) in [5.74, 6) is 0. The van der Waals surface area contributed by atoms with Crippen molar-refractivity contribution < 1.29 is 4.39 Å². The molecule has 1 aliphatic heterocycles. The molecule has 18 heavy (non-hydrogen) atoms. The summed E-state index contributed by atoms with van der Waals surface area (Å²) in [5.41, 5.74) is 4.49. The van der Waals surface area contributed by atoms with Crippen LogP contribution < -0.4 is 5.32 Å². The van der Waals surface area contributed by atoms with E-state index in [9.17, 15) is 4.39 Å². The lowest BCUT2D eigenvalue weighted by molar-refractivity contribution is 0.402. The maximum atomic E-state index is 14.6. The largest absolute Gasteiger partial charge is 0.384 e. The monoisotopic (exact) mass is 242 g/mol. The molecular formula is C15H15FN2. The van der Waals surface area contributed by atoms with E-state index in [0.717, 1.165) is 29.8 Å². The van der Waals surface area contributed by atoms with E-state index in [2.05, 4.69) is 16.4 Å². The lowest BCUT2D eigenvalue weighted by Gasteiger charge is -2.13. The summed E-state index contributed by atoms with van der Waals surface area (Å²) < 4.78 is 14.6. The van der Waals surface area contributed by atoms with E-state index in [-0.39, 0.29) is 0 Å². The first-order valence-corrected chi connectivity index (χ1v) is 6.17. The van der Waals surface area contributed by atoms with Gasteiger partial charge in [-0.3, -0.25) is 4.98 Å². The molecule has 0 saturated carbocycles. The number of rotatable bonds is 2. The summed E-state index contributed by atoms with van der Waals surface area (Å²) in [6.45, 7) is 2.82. The molecule has 1 aromatic carbocycles. The van der Waals surface area contributed by atoms with E-state index >= 15 is 0 Å². The molecule has 2 heterocycles. The number of alkyl halides is 1. The van der Waals surface area contributed by atoms with Gasteiger partial charge < -0.3 is 5.32 Å². The van der Waals surface area contributed by atoms with Gasteiger partial charge in [0.2, 0.25) is 0 Å². The molecule has 1 aliphatic rings. The number of hydrogen-bond donors (Lipinski definition) is 1. The molecule has 92 valence electrons. The van der Waals surface area contributed by atoms with E-state index in [0.29, 0.717) is 5.56 Å². The first-order valence-electron chi connectivity index (χ1n) is 6.17. The van der Waals surface area contributed by atoms with Crippen LogP contribution in [0.15, 0.2) is 36.7 Å². The van der Waals surface area contributed by atoms with Crippen LogP contribution in [0.3, 0.4) is 0 Å². The molecule has 0 bridgehead atoms. The average molecular weight is 242 g/mol. The summed E-state index contributed by atoms with van der Waals surface area (Å²) in [7, 11) is 0. The maximum Gasteiger partial charge on any atom is 0.154 e. The van der Waals surface area contributed by atoms with Crippen LogP contribution >= 0.6 is 0 Å². The van der Waals surface area contributed by atoms with E-state index in [4.69, 9.17) is 0 Å². The van der Waals surface area contributed by atoms with Gasteiger partial charge in [0.15, 0.2) is 6.17 Å². The summed E-state index contributed by atoms with van der Waals surface area (Å²) in [5, 5.41) is 3.27. The number of benzene rings is 1. The zero-order valence-electron chi connectivity index (χ0n) is 10.3. The quantitative estimate of drug-likeness (QED) is 0.872. The predicted molar refractivity (Wildman–Crippen MR) is 70.6 cm³/mol. The van der Waals surface area contributed by atoms with Gasteiger partial charge in [-0.15, -0.1) is 0 Å². The summed E-state index contributed by atoms with van der Waals surface area (Å²) >= 11 is 0. The molecule has 0 radical (unpaired) electrons. The molecule has 0 aliphatic carbocycles. The zero-order valence-corrected chi connectivity index (χ0v) is 10.3. The van der Waals surface area contributed by atoms with Gasteiger partial charge in [0.05, 0.1) is 0 Å². The second kappa shape index (κ2) is 4.41. The smallest absolute Gasteiger partial charge is 0.154 e. The highest BCUT2D eigenvalue weighted by molar-refractivity contribution is 5.63. The number of aryl methyl sites for hydroxylation is 1. The van der Waals surface area contributed by atoms with Crippen molar-refractivity contribution in [2.24, 2.45) is 0 Å². The van der Waals surface area contributed by atoms with Crippen LogP contribution in [0.2, 0.25) is 0 Å². The van der Waals surface area contributed by atoms with Crippen molar-refractivity contribution in [2.45, 2.75) is 19.5 Å². The zero-order chi connectivity index (χ0) is 12.5. The van der Waals surface area contributed by atoms with Gasteiger partial charge in [-0.1, -0.05) is 18.2 Å². The molecule has 1 aromatic heterocycles. The van der Waals surface area contributed by atoms with Crippen LogP contribution in [0, 0.1) is 6.92 Å². The first kappa shape index (κ1) is 11.2. The van der Waals surface area contributed by atoms with Gasteiger partial charge in [0, 0.05) is 35.8 Å². The van der Waals surface area contributed by atoms with E-state index in [1.165, 1.54) is 5.56 Å². The number of nitrogens with one attached hydrogen (secondary N) is 1. The molecule has 1 unspecified atom stereocenters. The number of hydrogen-bond acceptors (Lipinski definition) is 2. The number of anilines is 1. The number of para-hydroxylation sites is 1. The second-order valence-corrected chi connectivity index (χ2v) is 4.72. The Hall–Kier alpha value is -1.90. The molecular weight excluding hydrogens is 227 g/mol. The SMILES string of the molecule is Cc1cncc(C(F)c2cccc3c2NCC3)c1. The third-order valence-corrected chi connectivity index (χ3v) is 3.34. The Labute approximate surface area is 106 Å². The van der Waals surface area contributed by atoms with Gasteiger partial charge in [0.1, 0.15) is 0 Å². The fraction of sp³-hybridized carbons (Fsp3) is 0.267. The molecule has 0 spiro atoms. The molecule has 0 saturated heterocycles. The van der Waals surface area contributed by atoms with Crippen molar-refractivity contribution >= 4 is 5.69 Å². The minimum atomic E-state index is -1.11. The lowest BCUT2D eigenvalue weighted by Crippen LogP contribution is -2.01. The Balaban J connectivity index is 2.03. The van der Waals surface area contributed by atoms with Crippen LogP contribution in [0.4, 0.5) is 10.1 Å².